The largest absolute Gasteiger partial charge is 0.496 e. The number of thiazole rings is 1. The van der Waals surface area contributed by atoms with Crippen LogP contribution < -0.4 is 19.5 Å². The molecule has 3 rings (SSSR count). The predicted octanol–water partition coefficient (Wildman–Crippen LogP) is 4.09. The van der Waals surface area contributed by atoms with Crippen molar-refractivity contribution in [3.8, 4) is 28.5 Å². The van der Waals surface area contributed by atoms with E-state index in [9.17, 15) is 4.79 Å². The normalized spacial score (nSPS) is 10.3. The van der Waals surface area contributed by atoms with Gasteiger partial charge < -0.3 is 14.2 Å². The Kier molecular flexibility index (Phi) is 5.38. The van der Waals surface area contributed by atoms with Crippen LogP contribution in [0.3, 0.4) is 0 Å². The lowest BCUT2D eigenvalue weighted by atomic mass is 10.1. The molecule has 0 spiro atoms. The van der Waals surface area contributed by atoms with Crippen LogP contribution in [0.4, 0.5) is 5.13 Å². The second-order valence-corrected chi connectivity index (χ2v) is 6.12. The Balaban J connectivity index is 1.85. The van der Waals surface area contributed by atoms with Crippen molar-refractivity contribution in [3.63, 3.8) is 0 Å². The number of carbonyl (C=O) groups excluding carboxylic acids is 1. The molecule has 0 atom stereocenters. The van der Waals surface area contributed by atoms with Gasteiger partial charge in [-0.15, -0.1) is 11.3 Å². The van der Waals surface area contributed by atoms with Crippen LogP contribution in [0, 0.1) is 0 Å². The van der Waals surface area contributed by atoms with E-state index in [-0.39, 0.29) is 5.91 Å². The first kappa shape index (κ1) is 17.8. The summed E-state index contributed by atoms with van der Waals surface area (Å²) < 4.78 is 15.8. The Labute approximate surface area is 155 Å². The first-order valence-corrected chi connectivity index (χ1v) is 8.66. The van der Waals surface area contributed by atoms with Crippen molar-refractivity contribution in [2.75, 3.05) is 26.6 Å². The molecular weight excluding hydrogens is 352 g/mol. The third-order valence-electron chi connectivity index (χ3n) is 3.74. The number of hydrogen-bond donors (Lipinski definition) is 1. The summed E-state index contributed by atoms with van der Waals surface area (Å²) in [5.41, 5.74) is 2.14. The topological polar surface area (TPSA) is 69.7 Å². The molecule has 26 heavy (non-hydrogen) atoms. The molecule has 6 nitrogen and oxygen atoms in total. The van der Waals surface area contributed by atoms with E-state index in [1.165, 1.54) is 32.7 Å². The van der Waals surface area contributed by atoms with Gasteiger partial charge in [0.15, 0.2) is 16.6 Å². The minimum Gasteiger partial charge on any atom is -0.496 e. The van der Waals surface area contributed by atoms with Crippen molar-refractivity contribution in [2.45, 2.75) is 0 Å². The van der Waals surface area contributed by atoms with Crippen LogP contribution in [0.25, 0.3) is 11.3 Å². The number of carbonyl (C=O) groups is 1. The standard InChI is InChI=1S/C19H18N2O4S/c1-23-15-10-17(25-3)16(24-2)9-13(15)18(22)21-19-20-14(11-26-19)12-7-5-4-6-8-12/h4-11H,1-3H3,(H,20,21,22). The maximum atomic E-state index is 12.7. The van der Waals surface area contributed by atoms with Gasteiger partial charge in [0.2, 0.25) is 0 Å². The Morgan fingerprint density at radius 2 is 1.62 bits per heavy atom. The molecule has 0 radical (unpaired) electrons. The molecule has 1 aromatic heterocycles. The second-order valence-electron chi connectivity index (χ2n) is 5.27. The van der Waals surface area contributed by atoms with E-state index in [0.717, 1.165) is 11.3 Å². The van der Waals surface area contributed by atoms with Gasteiger partial charge in [-0.3, -0.25) is 10.1 Å². The van der Waals surface area contributed by atoms with E-state index in [2.05, 4.69) is 10.3 Å². The van der Waals surface area contributed by atoms with E-state index < -0.39 is 0 Å². The van der Waals surface area contributed by atoms with Gasteiger partial charge in [-0.1, -0.05) is 30.3 Å². The van der Waals surface area contributed by atoms with Crippen LogP contribution in [-0.2, 0) is 0 Å². The van der Waals surface area contributed by atoms with Gasteiger partial charge in [0, 0.05) is 23.1 Å². The number of hydrogen-bond acceptors (Lipinski definition) is 6. The maximum absolute atomic E-state index is 12.7. The summed E-state index contributed by atoms with van der Waals surface area (Å²) in [4.78, 5) is 17.2. The Morgan fingerprint density at radius 3 is 2.27 bits per heavy atom. The Morgan fingerprint density at radius 1 is 0.962 bits per heavy atom. The highest BCUT2D eigenvalue weighted by molar-refractivity contribution is 7.14. The highest BCUT2D eigenvalue weighted by Crippen LogP contribution is 2.35. The van der Waals surface area contributed by atoms with E-state index >= 15 is 0 Å². The van der Waals surface area contributed by atoms with E-state index in [4.69, 9.17) is 14.2 Å². The molecule has 1 N–H and O–H groups in total. The SMILES string of the molecule is COc1cc(OC)c(C(=O)Nc2nc(-c3ccccc3)cs2)cc1OC. The molecule has 0 unspecified atom stereocenters. The van der Waals surface area contributed by atoms with Crippen LogP contribution in [0.5, 0.6) is 17.2 Å². The summed E-state index contributed by atoms with van der Waals surface area (Å²) >= 11 is 1.36. The van der Waals surface area contributed by atoms with Crippen LogP contribution in [0.2, 0.25) is 0 Å². The number of aromatic nitrogens is 1. The third kappa shape index (κ3) is 3.62. The van der Waals surface area contributed by atoms with Gasteiger partial charge in [0.25, 0.3) is 5.91 Å². The number of nitrogens with zero attached hydrogens (tertiary/aromatic N) is 1. The average Bonchev–Trinajstić information content (AvgIpc) is 3.15. The molecule has 0 saturated heterocycles. The summed E-state index contributed by atoms with van der Waals surface area (Å²) in [6, 6.07) is 13.0. The molecule has 0 bridgehead atoms. The van der Waals surface area contributed by atoms with Crippen molar-refractivity contribution in [2.24, 2.45) is 0 Å². The molecule has 0 saturated carbocycles. The van der Waals surface area contributed by atoms with Gasteiger partial charge >= 0.3 is 0 Å². The predicted molar refractivity (Wildman–Crippen MR) is 102 cm³/mol. The van der Waals surface area contributed by atoms with Gasteiger partial charge in [-0.2, -0.15) is 0 Å². The van der Waals surface area contributed by atoms with Crippen molar-refractivity contribution in [1.82, 2.24) is 4.98 Å². The highest BCUT2D eigenvalue weighted by atomic mass is 32.1. The second kappa shape index (κ2) is 7.88. The summed E-state index contributed by atoms with van der Waals surface area (Å²) in [6.45, 7) is 0. The number of benzene rings is 2. The number of methoxy groups -OCH3 is 3. The number of rotatable bonds is 6. The van der Waals surface area contributed by atoms with E-state index in [1.807, 2.05) is 35.7 Å². The molecule has 3 aromatic rings. The van der Waals surface area contributed by atoms with E-state index in [0.29, 0.717) is 27.9 Å². The van der Waals surface area contributed by atoms with Gasteiger partial charge in [0.05, 0.1) is 32.6 Å². The number of amides is 1. The monoisotopic (exact) mass is 370 g/mol. The fourth-order valence-corrected chi connectivity index (χ4v) is 3.16. The summed E-state index contributed by atoms with van der Waals surface area (Å²) in [5, 5.41) is 5.21. The number of nitrogens with one attached hydrogen (secondary N) is 1. The minimum atomic E-state index is -0.336. The lowest BCUT2D eigenvalue weighted by Crippen LogP contribution is -2.13. The lowest BCUT2D eigenvalue weighted by Gasteiger charge is -2.13. The molecule has 7 heteroatoms. The molecule has 134 valence electrons. The lowest BCUT2D eigenvalue weighted by molar-refractivity contribution is 0.102. The summed E-state index contributed by atoms with van der Waals surface area (Å²) in [6.07, 6.45) is 0. The molecule has 0 aliphatic carbocycles. The van der Waals surface area contributed by atoms with Gasteiger partial charge in [0.1, 0.15) is 5.75 Å². The first-order valence-electron chi connectivity index (χ1n) is 7.78. The fraction of sp³-hybridized carbons (Fsp3) is 0.158. The zero-order valence-electron chi connectivity index (χ0n) is 14.6. The smallest absolute Gasteiger partial charge is 0.261 e. The number of anilines is 1. The Hall–Kier alpha value is -3.06. The first-order chi connectivity index (χ1) is 12.7. The molecule has 0 aliphatic heterocycles. The van der Waals surface area contributed by atoms with Crippen molar-refractivity contribution >= 4 is 22.4 Å². The van der Waals surface area contributed by atoms with Crippen molar-refractivity contribution < 1.29 is 19.0 Å². The summed E-state index contributed by atoms with van der Waals surface area (Å²) in [7, 11) is 4.53. The minimum absolute atomic E-state index is 0.335. The van der Waals surface area contributed by atoms with Crippen LogP contribution in [-0.4, -0.2) is 32.2 Å². The molecule has 0 fully saturated rings. The van der Waals surface area contributed by atoms with E-state index in [1.54, 1.807) is 12.1 Å². The highest BCUT2D eigenvalue weighted by Gasteiger charge is 2.19. The van der Waals surface area contributed by atoms with Crippen LogP contribution in [0.15, 0.2) is 47.8 Å². The summed E-state index contributed by atoms with van der Waals surface area (Å²) in [5.74, 6) is 0.987. The Bertz CT molecular complexity index is 909. The van der Waals surface area contributed by atoms with Crippen LogP contribution in [0.1, 0.15) is 10.4 Å². The average molecular weight is 370 g/mol. The third-order valence-corrected chi connectivity index (χ3v) is 4.50. The molecule has 0 aliphatic rings. The van der Waals surface area contributed by atoms with Crippen LogP contribution >= 0.6 is 11.3 Å². The maximum Gasteiger partial charge on any atom is 0.261 e. The zero-order valence-corrected chi connectivity index (χ0v) is 15.4. The quantitative estimate of drug-likeness (QED) is 0.708. The molecule has 1 heterocycles. The van der Waals surface area contributed by atoms with Gasteiger partial charge in [-0.25, -0.2) is 4.98 Å². The zero-order chi connectivity index (χ0) is 18.5. The van der Waals surface area contributed by atoms with Gasteiger partial charge in [-0.05, 0) is 0 Å². The molecular formula is C19H18N2O4S. The number of ether oxygens (including phenoxy) is 3. The molecule has 1 amide bonds. The van der Waals surface area contributed by atoms with Crippen molar-refractivity contribution in [1.29, 1.82) is 0 Å². The van der Waals surface area contributed by atoms with Crippen molar-refractivity contribution in [3.05, 3.63) is 53.4 Å². The fourth-order valence-electron chi connectivity index (χ4n) is 2.44. The molecule has 2 aromatic carbocycles.